The minimum Gasteiger partial charge on any atom is -0.464 e. The monoisotopic (exact) mass is 304 g/mol. The molecule has 2 rings (SSSR count). The Hall–Kier alpha value is -1.84. The first kappa shape index (κ1) is 15.5. The Balaban J connectivity index is 2.13. The molecule has 0 fully saturated rings. The zero-order valence-electron chi connectivity index (χ0n) is 11.8. The van der Waals surface area contributed by atoms with E-state index in [2.05, 4.69) is 0 Å². The third-order valence-corrected chi connectivity index (χ3v) is 3.34. The summed E-state index contributed by atoms with van der Waals surface area (Å²) in [4.78, 5) is 12.1. The van der Waals surface area contributed by atoms with Gasteiger partial charge in [0.15, 0.2) is 6.10 Å². The topological polar surface area (TPSA) is 35.5 Å². The van der Waals surface area contributed by atoms with E-state index in [9.17, 15) is 4.79 Å². The first-order valence-corrected chi connectivity index (χ1v) is 7.16. The fourth-order valence-electron chi connectivity index (χ4n) is 1.93. The van der Waals surface area contributed by atoms with Gasteiger partial charge in [-0.15, -0.1) is 0 Å². The van der Waals surface area contributed by atoms with Crippen LogP contribution in [0, 0.1) is 0 Å². The SMILES string of the molecule is CCOC(=O)C(OCc1ccccc1Cl)c1ccccc1. The Morgan fingerprint density at radius 1 is 1.10 bits per heavy atom. The van der Waals surface area contributed by atoms with E-state index in [1.807, 2.05) is 48.5 Å². The summed E-state index contributed by atoms with van der Waals surface area (Å²) in [6.45, 7) is 2.34. The predicted octanol–water partition coefficient (Wildman–Crippen LogP) is 4.16. The number of halogens is 1. The molecular weight excluding hydrogens is 288 g/mol. The van der Waals surface area contributed by atoms with Crippen molar-refractivity contribution in [3.63, 3.8) is 0 Å². The molecule has 21 heavy (non-hydrogen) atoms. The van der Waals surface area contributed by atoms with E-state index in [-0.39, 0.29) is 6.61 Å². The highest BCUT2D eigenvalue weighted by molar-refractivity contribution is 6.31. The van der Waals surface area contributed by atoms with Crippen molar-refractivity contribution < 1.29 is 14.3 Å². The van der Waals surface area contributed by atoms with Gasteiger partial charge in [0.25, 0.3) is 0 Å². The Labute approximate surface area is 129 Å². The number of benzene rings is 2. The predicted molar refractivity (Wildman–Crippen MR) is 82.1 cm³/mol. The van der Waals surface area contributed by atoms with Crippen LogP contribution in [-0.2, 0) is 20.9 Å². The van der Waals surface area contributed by atoms with Crippen LogP contribution in [0.5, 0.6) is 0 Å². The Kier molecular flexibility index (Phi) is 5.78. The number of carbonyl (C=O) groups excluding carboxylic acids is 1. The maximum absolute atomic E-state index is 12.1. The van der Waals surface area contributed by atoms with Crippen molar-refractivity contribution in [1.29, 1.82) is 0 Å². The van der Waals surface area contributed by atoms with Crippen molar-refractivity contribution in [3.05, 3.63) is 70.7 Å². The third kappa shape index (κ3) is 4.31. The highest BCUT2D eigenvalue weighted by Gasteiger charge is 2.22. The highest BCUT2D eigenvalue weighted by atomic mass is 35.5. The number of rotatable bonds is 6. The van der Waals surface area contributed by atoms with Crippen LogP contribution in [0.25, 0.3) is 0 Å². The molecule has 0 radical (unpaired) electrons. The fourth-order valence-corrected chi connectivity index (χ4v) is 2.12. The van der Waals surface area contributed by atoms with Crippen LogP contribution in [0.3, 0.4) is 0 Å². The molecule has 110 valence electrons. The second-order valence-electron chi connectivity index (χ2n) is 4.45. The van der Waals surface area contributed by atoms with Crippen molar-refractivity contribution in [2.75, 3.05) is 6.61 Å². The molecule has 3 nitrogen and oxygen atoms in total. The van der Waals surface area contributed by atoms with Crippen LogP contribution in [-0.4, -0.2) is 12.6 Å². The van der Waals surface area contributed by atoms with Crippen LogP contribution in [0.15, 0.2) is 54.6 Å². The summed E-state index contributed by atoms with van der Waals surface area (Å²) in [6, 6.07) is 16.7. The molecule has 0 saturated carbocycles. The molecule has 0 aromatic heterocycles. The molecule has 0 bridgehead atoms. The molecule has 0 N–H and O–H groups in total. The maximum atomic E-state index is 12.1. The van der Waals surface area contributed by atoms with E-state index in [1.54, 1.807) is 13.0 Å². The lowest BCUT2D eigenvalue weighted by molar-refractivity contribution is -0.158. The molecule has 2 aromatic carbocycles. The second kappa shape index (κ2) is 7.81. The number of hydrogen-bond acceptors (Lipinski definition) is 3. The summed E-state index contributed by atoms with van der Waals surface area (Å²) >= 11 is 6.10. The lowest BCUT2D eigenvalue weighted by atomic mass is 10.1. The highest BCUT2D eigenvalue weighted by Crippen LogP contribution is 2.23. The van der Waals surface area contributed by atoms with Crippen LogP contribution >= 0.6 is 11.6 Å². The van der Waals surface area contributed by atoms with Gasteiger partial charge in [0, 0.05) is 5.02 Å². The van der Waals surface area contributed by atoms with Gasteiger partial charge >= 0.3 is 5.97 Å². The maximum Gasteiger partial charge on any atom is 0.339 e. The molecule has 0 heterocycles. The molecule has 4 heteroatoms. The zero-order chi connectivity index (χ0) is 15.1. The summed E-state index contributed by atoms with van der Waals surface area (Å²) in [7, 11) is 0. The first-order valence-electron chi connectivity index (χ1n) is 6.79. The summed E-state index contributed by atoms with van der Waals surface area (Å²) in [5, 5.41) is 0.619. The summed E-state index contributed by atoms with van der Waals surface area (Å²) in [6.07, 6.45) is -0.748. The third-order valence-electron chi connectivity index (χ3n) is 2.97. The average molecular weight is 305 g/mol. The van der Waals surface area contributed by atoms with Gasteiger partial charge in [0.05, 0.1) is 13.2 Å². The van der Waals surface area contributed by atoms with Gasteiger partial charge in [-0.3, -0.25) is 0 Å². The molecule has 0 aliphatic rings. The van der Waals surface area contributed by atoms with Crippen molar-refractivity contribution in [3.8, 4) is 0 Å². The summed E-state index contributed by atoms with van der Waals surface area (Å²) < 4.78 is 10.8. The number of ether oxygens (including phenoxy) is 2. The van der Waals surface area contributed by atoms with Crippen molar-refractivity contribution in [1.82, 2.24) is 0 Å². The minimum atomic E-state index is -0.748. The molecule has 1 atom stereocenters. The Morgan fingerprint density at radius 2 is 1.76 bits per heavy atom. The van der Waals surface area contributed by atoms with Crippen molar-refractivity contribution in [2.24, 2.45) is 0 Å². The van der Waals surface area contributed by atoms with Crippen LogP contribution in [0.2, 0.25) is 5.02 Å². The molecule has 1 unspecified atom stereocenters. The quantitative estimate of drug-likeness (QED) is 0.752. The Morgan fingerprint density at radius 3 is 2.43 bits per heavy atom. The molecule has 0 aliphatic heterocycles. The van der Waals surface area contributed by atoms with Gasteiger partial charge in [-0.05, 0) is 24.1 Å². The van der Waals surface area contributed by atoms with Gasteiger partial charge in [-0.2, -0.15) is 0 Å². The van der Waals surface area contributed by atoms with Gasteiger partial charge in [0.2, 0.25) is 0 Å². The van der Waals surface area contributed by atoms with Crippen LogP contribution in [0.1, 0.15) is 24.2 Å². The second-order valence-corrected chi connectivity index (χ2v) is 4.85. The zero-order valence-corrected chi connectivity index (χ0v) is 12.5. The molecule has 0 spiro atoms. The molecule has 0 saturated heterocycles. The number of esters is 1. The molecule has 0 aliphatic carbocycles. The van der Waals surface area contributed by atoms with Crippen molar-refractivity contribution in [2.45, 2.75) is 19.6 Å². The summed E-state index contributed by atoms with van der Waals surface area (Å²) in [5.74, 6) is -0.393. The van der Waals surface area contributed by atoms with E-state index in [0.29, 0.717) is 11.6 Å². The smallest absolute Gasteiger partial charge is 0.339 e. The Bertz CT molecular complexity index is 584. The lowest BCUT2D eigenvalue weighted by Crippen LogP contribution is -2.19. The van der Waals surface area contributed by atoms with E-state index >= 15 is 0 Å². The first-order chi connectivity index (χ1) is 10.2. The van der Waals surface area contributed by atoms with E-state index in [1.165, 1.54) is 0 Å². The van der Waals surface area contributed by atoms with Crippen LogP contribution < -0.4 is 0 Å². The van der Waals surface area contributed by atoms with E-state index < -0.39 is 12.1 Å². The molecular formula is C17H17ClO3. The lowest BCUT2D eigenvalue weighted by Gasteiger charge is -2.17. The van der Waals surface area contributed by atoms with Crippen molar-refractivity contribution >= 4 is 17.6 Å². The fraction of sp³-hybridized carbons (Fsp3) is 0.235. The standard InChI is InChI=1S/C17H17ClO3/c1-2-20-17(19)16(13-8-4-3-5-9-13)21-12-14-10-6-7-11-15(14)18/h3-11,16H,2,12H2,1H3. The number of carbonyl (C=O) groups is 1. The summed E-state index contributed by atoms with van der Waals surface area (Å²) in [5.41, 5.74) is 1.60. The van der Waals surface area contributed by atoms with Gasteiger partial charge in [0.1, 0.15) is 0 Å². The van der Waals surface area contributed by atoms with Gasteiger partial charge in [-0.1, -0.05) is 60.1 Å². The average Bonchev–Trinajstić information content (AvgIpc) is 2.50. The van der Waals surface area contributed by atoms with Crippen LogP contribution in [0.4, 0.5) is 0 Å². The number of hydrogen-bond donors (Lipinski definition) is 0. The van der Waals surface area contributed by atoms with E-state index in [0.717, 1.165) is 11.1 Å². The van der Waals surface area contributed by atoms with Gasteiger partial charge in [-0.25, -0.2) is 4.79 Å². The largest absolute Gasteiger partial charge is 0.464 e. The van der Waals surface area contributed by atoms with E-state index in [4.69, 9.17) is 21.1 Å². The van der Waals surface area contributed by atoms with Gasteiger partial charge < -0.3 is 9.47 Å². The molecule has 2 aromatic rings. The minimum absolute atomic E-state index is 0.248. The molecule has 0 amide bonds. The normalized spacial score (nSPS) is 11.9.